The zero-order valence-electron chi connectivity index (χ0n) is 18.3. The number of amides is 1. The Labute approximate surface area is 189 Å². The van der Waals surface area contributed by atoms with Gasteiger partial charge in [0.1, 0.15) is 0 Å². The van der Waals surface area contributed by atoms with Crippen molar-refractivity contribution < 1.29 is 9.32 Å². The second-order valence-electron chi connectivity index (χ2n) is 7.67. The van der Waals surface area contributed by atoms with E-state index in [4.69, 9.17) is 16.7 Å². The fourth-order valence-corrected chi connectivity index (χ4v) is 3.83. The van der Waals surface area contributed by atoms with E-state index >= 15 is 0 Å². The molecular formula is C23H23N5O3S. The summed E-state index contributed by atoms with van der Waals surface area (Å²) < 4.78 is 6.93. The molecule has 32 heavy (non-hydrogen) atoms. The van der Waals surface area contributed by atoms with E-state index in [0.717, 1.165) is 16.8 Å². The average molecular weight is 450 g/mol. The zero-order valence-corrected chi connectivity index (χ0v) is 19.1. The van der Waals surface area contributed by atoms with Crippen LogP contribution in [0, 0.1) is 18.6 Å². The number of nitrogens with one attached hydrogen (secondary N) is 1. The number of carbonyl (C=O) groups is 1. The first-order valence-electron chi connectivity index (χ1n) is 10.2. The largest absolute Gasteiger partial charge is 0.337 e. The number of hydrogen-bond acceptors (Lipinski definition) is 6. The summed E-state index contributed by atoms with van der Waals surface area (Å²) in [7, 11) is 1.66. The minimum atomic E-state index is -0.235. The molecule has 0 bridgehead atoms. The quantitative estimate of drug-likeness (QED) is 0.465. The third-order valence-electron chi connectivity index (χ3n) is 5.51. The first kappa shape index (κ1) is 21.6. The fraction of sp³-hybridized carbons (Fsp3) is 0.261. The van der Waals surface area contributed by atoms with Crippen molar-refractivity contribution >= 4 is 29.0 Å². The third-order valence-corrected chi connectivity index (χ3v) is 5.79. The molecule has 0 radical (unpaired) electrons. The van der Waals surface area contributed by atoms with Crippen LogP contribution >= 0.6 is 12.2 Å². The smallest absolute Gasteiger partial charge is 0.266 e. The highest BCUT2D eigenvalue weighted by atomic mass is 32.1. The molecule has 4 rings (SSSR count). The Kier molecular flexibility index (Phi) is 5.75. The molecule has 4 aromatic rings. The lowest BCUT2D eigenvalue weighted by atomic mass is 10.1. The van der Waals surface area contributed by atoms with Crippen molar-refractivity contribution in [2.75, 3.05) is 7.05 Å². The summed E-state index contributed by atoms with van der Waals surface area (Å²) in [5.74, 6) is 0.731. The number of H-pyrrole nitrogens is 1. The molecule has 0 atom stereocenters. The van der Waals surface area contributed by atoms with Gasteiger partial charge in [0, 0.05) is 19.0 Å². The van der Waals surface area contributed by atoms with Crippen LogP contribution in [0.15, 0.2) is 45.7 Å². The van der Waals surface area contributed by atoms with Crippen LogP contribution in [-0.2, 0) is 13.0 Å². The van der Waals surface area contributed by atoms with Crippen molar-refractivity contribution in [1.82, 2.24) is 24.6 Å². The molecule has 2 aromatic heterocycles. The standard InChI is InChI=1S/C23H23N5O3S/c1-5-19-25-20(31-26-19)12-27(4)21(29)15-9-10-16-17(11-15)24-23(32)28(22(16)30)18-8-6-7-13(2)14(18)3/h6-11H,5,12H2,1-4H3,(H,24,32). The molecule has 1 amide bonds. The molecule has 0 saturated carbocycles. The van der Waals surface area contributed by atoms with E-state index in [0.29, 0.717) is 34.6 Å². The Morgan fingerprint density at radius 1 is 1.25 bits per heavy atom. The van der Waals surface area contributed by atoms with Gasteiger partial charge in [0.05, 0.1) is 23.1 Å². The number of rotatable bonds is 5. The normalized spacial score (nSPS) is 11.1. The summed E-state index contributed by atoms with van der Waals surface area (Å²) >= 11 is 5.50. The van der Waals surface area contributed by atoms with Crippen LogP contribution in [0.2, 0.25) is 0 Å². The van der Waals surface area contributed by atoms with Crippen LogP contribution in [0.4, 0.5) is 0 Å². The maximum absolute atomic E-state index is 13.3. The molecule has 0 aliphatic rings. The molecule has 0 aliphatic carbocycles. The molecule has 0 aliphatic heterocycles. The highest BCUT2D eigenvalue weighted by molar-refractivity contribution is 7.71. The van der Waals surface area contributed by atoms with Gasteiger partial charge in [0.25, 0.3) is 11.5 Å². The number of aryl methyl sites for hydroxylation is 2. The van der Waals surface area contributed by atoms with Crippen LogP contribution in [-0.4, -0.2) is 37.5 Å². The molecule has 0 unspecified atom stereocenters. The molecule has 0 fully saturated rings. The molecule has 2 heterocycles. The van der Waals surface area contributed by atoms with Gasteiger partial charge in [0.15, 0.2) is 10.6 Å². The second-order valence-corrected chi connectivity index (χ2v) is 8.06. The summed E-state index contributed by atoms with van der Waals surface area (Å²) in [6.45, 7) is 6.06. The summed E-state index contributed by atoms with van der Waals surface area (Å²) in [5.41, 5.74) is 3.48. The van der Waals surface area contributed by atoms with Gasteiger partial charge in [0.2, 0.25) is 5.89 Å². The minimum Gasteiger partial charge on any atom is -0.337 e. The van der Waals surface area contributed by atoms with E-state index in [1.54, 1.807) is 25.2 Å². The summed E-state index contributed by atoms with van der Waals surface area (Å²) in [5, 5.41) is 4.29. The number of aromatic nitrogens is 4. The molecule has 8 nitrogen and oxygen atoms in total. The van der Waals surface area contributed by atoms with Crippen LogP contribution < -0.4 is 5.56 Å². The number of hydrogen-bond donors (Lipinski definition) is 1. The monoisotopic (exact) mass is 449 g/mol. The number of fused-ring (bicyclic) bond motifs is 1. The van der Waals surface area contributed by atoms with Crippen molar-refractivity contribution in [2.24, 2.45) is 0 Å². The van der Waals surface area contributed by atoms with E-state index in [2.05, 4.69) is 15.1 Å². The van der Waals surface area contributed by atoms with Gasteiger partial charge in [-0.1, -0.05) is 24.2 Å². The number of nitrogens with zero attached hydrogens (tertiary/aromatic N) is 4. The van der Waals surface area contributed by atoms with E-state index in [1.807, 2.05) is 39.0 Å². The van der Waals surface area contributed by atoms with Crippen LogP contribution in [0.3, 0.4) is 0 Å². The number of carbonyl (C=O) groups excluding carboxylic acids is 1. The van der Waals surface area contributed by atoms with Crippen LogP contribution in [0.5, 0.6) is 0 Å². The molecule has 1 N–H and O–H groups in total. The van der Waals surface area contributed by atoms with Crippen LogP contribution in [0.1, 0.15) is 40.1 Å². The van der Waals surface area contributed by atoms with E-state index in [1.165, 1.54) is 9.47 Å². The predicted molar refractivity (Wildman–Crippen MR) is 124 cm³/mol. The van der Waals surface area contributed by atoms with Crippen molar-refractivity contribution in [3.63, 3.8) is 0 Å². The predicted octanol–water partition coefficient (Wildman–Crippen LogP) is 3.88. The number of benzene rings is 2. The molecule has 0 spiro atoms. The molecule has 2 aromatic carbocycles. The SMILES string of the molecule is CCc1noc(CN(C)C(=O)c2ccc3c(=O)n(-c4cccc(C)c4C)c(=S)[nH]c3c2)n1. The van der Waals surface area contributed by atoms with Crippen molar-refractivity contribution in [2.45, 2.75) is 33.7 Å². The van der Waals surface area contributed by atoms with Gasteiger partial charge >= 0.3 is 0 Å². The lowest BCUT2D eigenvalue weighted by molar-refractivity contribution is 0.0769. The van der Waals surface area contributed by atoms with Crippen molar-refractivity contribution in [3.05, 3.63) is 79.9 Å². The Balaban J connectivity index is 1.70. The Morgan fingerprint density at radius 3 is 2.75 bits per heavy atom. The number of aromatic amines is 1. The summed E-state index contributed by atoms with van der Waals surface area (Å²) in [6.07, 6.45) is 0.657. The fourth-order valence-electron chi connectivity index (χ4n) is 3.54. The first-order valence-corrected chi connectivity index (χ1v) is 10.6. The van der Waals surface area contributed by atoms with Crippen molar-refractivity contribution in [1.29, 1.82) is 0 Å². The second kappa shape index (κ2) is 8.51. The van der Waals surface area contributed by atoms with Gasteiger partial charge < -0.3 is 14.4 Å². The van der Waals surface area contributed by atoms with Crippen molar-refractivity contribution in [3.8, 4) is 5.69 Å². The van der Waals surface area contributed by atoms with Crippen LogP contribution in [0.25, 0.3) is 16.6 Å². The van der Waals surface area contributed by atoms with Gasteiger partial charge in [-0.2, -0.15) is 4.98 Å². The Hall–Kier alpha value is -3.59. The lowest BCUT2D eigenvalue weighted by Gasteiger charge is -2.16. The lowest BCUT2D eigenvalue weighted by Crippen LogP contribution is -2.27. The molecule has 164 valence electrons. The topological polar surface area (TPSA) is 97.0 Å². The Bertz CT molecular complexity index is 1450. The van der Waals surface area contributed by atoms with E-state index < -0.39 is 0 Å². The van der Waals surface area contributed by atoms with Gasteiger partial charge in [-0.25, -0.2) is 0 Å². The maximum atomic E-state index is 13.3. The highest BCUT2D eigenvalue weighted by Gasteiger charge is 2.17. The summed E-state index contributed by atoms with van der Waals surface area (Å²) in [6, 6.07) is 10.7. The minimum absolute atomic E-state index is 0.189. The molecule has 0 saturated heterocycles. The van der Waals surface area contributed by atoms with Gasteiger partial charge in [-0.3, -0.25) is 14.2 Å². The van der Waals surface area contributed by atoms with E-state index in [9.17, 15) is 9.59 Å². The maximum Gasteiger partial charge on any atom is 0.266 e. The average Bonchev–Trinajstić information content (AvgIpc) is 3.23. The molecular weight excluding hydrogens is 426 g/mol. The Morgan fingerprint density at radius 2 is 2.03 bits per heavy atom. The highest BCUT2D eigenvalue weighted by Crippen LogP contribution is 2.19. The zero-order chi connectivity index (χ0) is 23.0. The van der Waals surface area contributed by atoms with E-state index in [-0.39, 0.29) is 22.8 Å². The van der Waals surface area contributed by atoms with Gasteiger partial charge in [-0.05, 0) is 61.5 Å². The summed E-state index contributed by atoms with van der Waals surface area (Å²) in [4.78, 5) is 35.0. The third kappa shape index (κ3) is 3.87. The first-order chi connectivity index (χ1) is 15.3. The van der Waals surface area contributed by atoms with Gasteiger partial charge in [-0.15, -0.1) is 0 Å². The molecule has 9 heteroatoms.